The zero-order valence-electron chi connectivity index (χ0n) is 15.1. The molecule has 2 atom stereocenters. The third kappa shape index (κ3) is 3.59. The van der Waals surface area contributed by atoms with Gasteiger partial charge in [-0.15, -0.1) is 24.8 Å². The number of hydrogen-bond donors (Lipinski definition) is 1. The number of aryl methyl sites for hydroxylation is 2. The van der Waals surface area contributed by atoms with Crippen molar-refractivity contribution >= 4 is 30.5 Å². The van der Waals surface area contributed by atoms with Crippen molar-refractivity contribution in [2.75, 3.05) is 6.54 Å². The van der Waals surface area contributed by atoms with Crippen molar-refractivity contribution in [3.63, 3.8) is 0 Å². The van der Waals surface area contributed by atoms with Crippen LogP contribution in [-0.4, -0.2) is 30.7 Å². The summed E-state index contributed by atoms with van der Waals surface area (Å²) >= 11 is 0. The van der Waals surface area contributed by atoms with E-state index in [4.69, 9.17) is 10.7 Å². The summed E-state index contributed by atoms with van der Waals surface area (Å²) in [5, 5.41) is 4.51. The van der Waals surface area contributed by atoms with Crippen LogP contribution in [-0.2, 0) is 0 Å². The van der Waals surface area contributed by atoms with E-state index in [1.165, 1.54) is 19.3 Å². The summed E-state index contributed by atoms with van der Waals surface area (Å²) in [7, 11) is 0. The maximum atomic E-state index is 5.91. The standard InChI is InChI=1S/C18H24N6.2ClH/c1-12-8-13(2)24-18(22-12)16(11-21-24)17-20-6-7-23(17)15-5-3-4-14(9-15)10-19;;/h6-8,11,14-15H,3-5,9-10,19H2,1-2H3;2*1H/t14-,15+;;/m0../s1. The zero-order valence-corrected chi connectivity index (χ0v) is 16.8. The number of imidazole rings is 1. The number of rotatable bonds is 3. The number of aromatic nitrogens is 5. The minimum Gasteiger partial charge on any atom is -0.330 e. The molecule has 3 aromatic heterocycles. The van der Waals surface area contributed by atoms with Crippen LogP contribution in [0.25, 0.3) is 17.0 Å². The third-order valence-corrected chi connectivity index (χ3v) is 5.17. The normalized spacial score (nSPS) is 19.8. The number of nitrogens with zero attached hydrogens (tertiary/aromatic N) is 5. The molecule has 4 rings (SSSR count). The third-order valence-electron chi connectivity index (χ3n) is 5.17. The van der Waals surface area contributed by atoms with Crippen LogP contribution in [0, 0.1) is 19.8 Å². The van der Waals surface area contributed by atoms with E-state index in [1.807, 2.05) is 29.9 Å². The van der Waals surface area contributed by atoms with Gasteiger partial charge in [-0.25, -0.2) is 14.5 Å². The Kier molecular flexibility index (Phi) is 6.66. The summed E-state index contributed by atoms with van der Waals surface area (Å²) in [6, 6.07) is 2.51. The van der Waals surface area contributed by atoms with Crippen LogP contribution in [0.5, 0.6) is 0 Å². The van der Waals surface area contributed by atoms with E-state index in [-0.39, 0.29) is 24.8 Å². The molecular weight excluding hydrogens is 371 g/mol. The number of halogens is 2. The molecule has 26 heavy (non-hydrogen) atoms. The second-order valence-corrected chi connectivity index (χ2v) is 6.91. The molecule has 0 amide bonds. The maximum Gasteiger partial charge on any atom is 0.166 e. The Morgan fingerprint density at radius 1 is 1.23 bits per heavy atom. The summed E-state index contributed by atoms with van der Waals surface area (Å²) in [4.78, 5) is 9.33. The smallest absolute Gasteiger partial charge is 0.166 e. The average Bonchev–Trinajstić information content (AvgIpc) is 3.21. The van der Waals surface area contributed by atoms with Gasteiger partial charge in [0.2, 0.25) is 0 Å². The fourth-order valence-corrected chi connectivity index (χ4v) is 3.97. The summed E-state index contributed by atoms with van der Waals surface area (Å²) < 4.78 is 4.20. The van der Waals surface area contributed by atoms with E-state index in [2.05, 4.69) is 27.8 Å². The van der Waals surface area contributed by atoms with E-state index in [9.17, 15) is 0 Å². The lowest BCUT2D eigenvalue weighted by Crippen LogP contribution is -2.24. The summed E-state index contributed by atoms with van der Waals surface area (Å²) in [5.74, 6) is 1.58. The first-order valence-corrected chi connectivity index (χ1v) is 8.72. The van der Waals surface area contributed by atoms with Gasteiger partial charge in [0.1, 0.15) is 5.82 Å². The Bertz CT molecular complexity index is 872. The molecule has 1 aliphatic rings. The lowest BCUT2D eigenvalue weighted by molar-refractivity contribution is 0.273. The van der Waals surface area contributed by atoms with Crippen molar-refractivity contribution in [3.05, 3.63) is 36.0 Å². The minimum atomic E-state index is 0. The lowest BCUT2D eigenvalue weighted by atomic mass is 9.85. The molecule has 1 saturated carbocycles. The zero-order chi connectivity index (χ0) is 16.7. The molecule has 0 unspecified atom stereocenters. The van der Waals surface area contributed by atoms with Gasteiger partial charge in [0.25, 0.3) is 0 Å². The molecule has 0 bridgehead atoms. The molecule has 0 aromatic carbocycles. The molecular formula is C18H26Cl2N6. The predicted molar refractivity (Wildman–Crippen MR) is 108 cm³/mol. The molecule has 8 heteroatoms. The predicted octanol–water partition coefficient (Wildman–Crippen LogP) is 3.74. The molecule has 0 aliphatic heterocycles. The van der Waals surface area contributed by atoms with Crippen LogP contribution in [0.2, 0.25) is 0 Å². The van der Waals surface area contributed by atoms with Crippen molar-refractivity contribution in [2.45, 2.75) is 45.6 Å². The van der Waals surface area contributed by atoms with Crippen LogP contribution in [0.4, 0.5) is 0 Å². The van der Waals surface area contributed by atoms with Gasteiger partial charge in [0.05, 0.1) is 11.8 Å². The van der Waals surface area contributed by atoms with E-state index in [0.717, 1.165) is 41.4 Å². The van der Waals surface area contributed by atoms with Crippen molar-refractivity contribution in [1.82, 2.24) is 24.1 Å². The van der Waals surface area contributed by atoms with E-state index >= 15 is 0 Å². The van der Waals surface area contributed by atoms with E-state index in [0.29, 0.717) is 12.0 Å². The van der Waals surface area contributed by atoms with Crippen LogP contribution in [0.15, 0.2) is 24.7 Å². The van der Waals surface area contributed by atoms with Gasteiger partial charge in [-0.2, -0.15) is 5.10 Å². The van der Waals surface area contributed by atoms with Crippen LogP contribution >= 0.6 is 24.8 Å². The maximum absolute atomic E-state index is 5.91. The molecule has 0 spiro atoms. The van der Waals surface area contributed by atoms with Crippen LogP contribution < -0.4 is 5.73 Å². The van der Waals surface area contributed by atoms with Crippen LogP contribution in [0.1, 0.15) is 43.1 Å². The molecule has 0 saturated heterocycles. The number of hydrogen-bond acceptors (Lipinski definition) is 4. The van der Waals surface area contributed by atoms with Crippen molar-refractivity contribution < 1.29 is 0 Å². The highest BCUT2D eigenvalue weighted by Gasteiger charge is 2.25. The average molecular weight is 397 g/mol. The number of fused-ring (bicyclic) bond motifs is 1. The highest BCUT2D eigenvalue weighted by molar-refractivity contribution is 5.85. The SMILES string of the molecule is Cc1cc(C)n2ncc(-c3nccn3[C@@H]3CCC[C@H](CN)C3)c2n1.Cl.Cl. The van der Waals surface area contributed by atoms with Gasteiger partial charge >= 0.3 is 0 Å². The second-order valence-electron chi connectivity index (χ2n) is 6.91. The molecule has 1 aliphatic carbocycles. The Balaban J connectivity index is 0.00000121. The van der Waals surface area contributed by atoms with Gasteiger partial charge in [-0.1, -0.05) is 6.42 Å². The lowest BCUT2D eigenvalue weighted by Gasteiger charge is -2.30. The first-order valence-electron chi connectivity index (χ1n) is 8.72. The Hall–Kier alpha value is -1.63. The van der Waals surface area contributed by atoms with Gasteiger partial charge in [-0.05, 0) is 51.6 Å². The molecule has 3 aromatic rings. The Labute approximate surface area is 166 Å². The highest BCUT2D eigenvalue weighted by atomic mass is 35.5. The van der Waals surface area contributed by atoms with Gasteiger partial charge < -0.3 is 10.3 Å². The first kappa shape index (κ1) is 20.7. The largest absolute Gasteiger partial charge is 0.330 e. The van der Waals surface area contributed by atoms with Gasteiger partial charge in [-0.3, -0.25) is 0 Å². The first-order chi connectivity index (χ1) is 11.7. The van der Waals surface area contributed by atoms with Gasteiger partial charge in [0, 0.05) is 29.8 Å². The fourth-order valence-electron chi connectivity index (χ4n) is 3.97. The topological polar surface area (TPSA) is 74.0 Å². The summed E-state index contributed by atoms with van der Waals surface area (Å²) in [6.07, 6.45) is 10.6. The molecule has 0 radical (unpaired) electrons. The van der Waals surface area contributed by atoms with Crippen molar-refractivity contribution in [3.8, 4) is 11.4 Å². The van der Waals surface area contributed by atoms with Crippen molar-refractivity contribution in [1.29, 1.82) is 0 Å². The molecule has 1 fully saturated rings. The minimum absolute atomic E-state index is 0. The fraction of sp³-hybridized carbons (Fsp3) is 0.500. The number of nitrogens with two attached hydrogens (primary N) is 1. The Morgan fingerprint density at radius 3 is 2.81 bits per heavy atom. The monoisotopic (exact) mass is 396 g/mol. The molecule has 2 N–H and O–H groups in total. The molecule has 142 valence electrons. The molecule has 3 heterocycles. The quantitative estimate of drug-likeness (QED) is 0.731. The van der Waals surface area contributed by atoms with E-state index in [1.54, 1.807) is 0 Å². The van der Waals surface area contributed by atoms with Crippen LogP contribution in [0.3, 0.4) is 0 Å². The summed E-state index contributed by atoms with van der Waals surface area (Å²) in [5.41, 5.74) is 9.88. The van der Waals surface area contributed by atoms with E-state index < -0.39 is 0 Å². The molecule has 6 nitrogen and oxygen atoms in total. The Morgan fingerprint density at radius 2 is 2.04 bits per heavy atom. The van der Waals surface area contributed by atoms with Gasteiger partial charge in [0.15, 0.2) is 5.65 Å². The second kappa shape index (κ2) is 8.37. The highest BCUT2D eigenvalue weighted by Crippen LogP contribution is 2.35. The van der Waals surface area contributed by atoms with Crippen molar-refractivity contribution in [2.24, 2.45) is 11.7 Å². The summed E-state index contributed by atoms with van der Waals surface area (Å²) in [6.45, 7) is 4.85.